The lowest BCUT2D eigenvalue weighted by Crippen LogP contribution is -2.55. The van der Waals surface area contributed by atoms with Gasteiger partial charge in [0.05, 0.1) is 6.54 Å². The van der Waals surface area contributed by atoms with Gasteiger partial charge in [0.25, 0.3) is 11.8 Å². The minimum absolute atomic E-state index is 0.0580. The molecule has 1 atom stereocenters. The quantitative estimate of drug-likeness (QED) is 0.755. The van der Waals surface area contributed by atoms with Crippen molar-refractivity contribution in [2.75, 3.05) is 26.2 Å². The summed E-state index contributed by atoms with van der Waals surface area (Å²) >= 11 is 0. The summed E-state index contributed by atoms with van der Waals surface area (Å²) in [5.74, 6) is 0.889. The summed E-state index contributed by atoms with van der Waals surface area (Å²) in [6.07, 6.45) is 6.56. The molecule has 0 aliphatic carbocycles. The summed E-state index contributed by atoms with van der Waals surface area (Å²) in [6.45, 7) is 5.11. The number of piperidine rings is 1. The summed E-state index contributed by atoms with van der Waals surface area (Å²) in [7, 11) is 0. The fraction of sp³-hybridized carbons (Fsp3) is 0.545. The molecular weight excluding hydrogens is 382 g/mol. The number of carbonyl (C=O) groups excluding carboxylic acids is 2. The van der Waals surface area contributed by atoms with Crippen LogP contribution in [0.2, 0.25) is 0 Å². The first-order chi connectivity index (χ1) is 14.6. The molecule has 3 aliphatic rings. The fourth-order valence-electron chi connectivity index (χ4n) is 4.90. The minimum Gasteiger partial charge on any atom is -0.352 e. The maximum atomic E-state index is 13.0. The lowest BCUT2D eigenvalue weighted by atomic mass is 9.88. The highest BCUT2D eigenvalue weighted by molar-refractivity contribution is 5.92. The van der Waals surface area contributed by atoms with Crippen LogP contribution in [0.25, 0.3) is 0 Å². The van der Waals surface area contributed by atoms with Crippen LogP contribution in [0.4, 0.5) is 0 Å². The molecule has 1 spiro atoms. The SMILES string of the molecule is Cc1cccc(C(=O)N2CCC3(CC2)O[C@H](C(=O)N2CCCC2)Cn2ccnc23)n1. The Hall–Kier alpha value is -2.74. The van der Waals surface area contributed by atoms with Crippen LogP contribution < -0.4 is 0 Å². The molecule has 8 heteroatoms. The second-order valence-corrected chi connectivity index (χ2v) is 8.49. The number of imidazole rings is 1. The van der Waals surface area contributed by atoms with Crippen molar-refractivity contribution in [3.05, 3.63) is 47.8 Å². The molecule has 0 N–H and O–H groups in total. The Balaban J connectivity index is 1.34. The monoisotopic (exact) mass is 409 g/mol. The Labute approximate surface area is 175 Å². The predicted octanol–water partition coefficient (Wildman–Crippen LogP) is 1.74. The number of aromatic nitrogens is 3. The highest BCUT2D eigenvalue weighted by Crippen LogP contribution is 2.40. The Kier molecular flexibility index (Phi) is 4.81. The average Bonchev–Trinajstić information content (AvgIpc) is 3.46. The van der Waals surface area contributed by atoms with Gasteiger partial charge in [-0.15, -0.1) is 0 Å². The maximum absolute atomic E-state index is 13.0. The van der Waals surface area contributed by atoms with Crippen molar-refractivity contribution in [3.8, 4) is 0 Å². The van der Waals surface area contributed by atoms with E-state index in [1.54, 1.807) is 12.3 Å². The normalized spacial score (nSPS) is 22.9. The number of amides is 2. The van der Waals surface area contributed by atoms with Crippen molar-refractivity contribution >= 4 is 11.8 Å². The zero-order valence-corrected chi connectivity index (χ0v) is 17.3. The molecule has 2 saturated heterocycles. The molecule has 0 radical (unpaired) electrons. The van der Waals surface area contributed by atoms with Crippen LogP contribution in [0.5, 0.6) is 0 Å². The number of fused-ring (bicyclic) bond motifs is 2. The van der Waals surface area contributed by atoms with Gasteiger partial charge >= 0.3 is 0 Å². The van der Waals surface area contributed by atoms with E-state index in [0.717, 1.165) is 37.4 Å². The Morgan fingerprint density at radius 1 is 1.10 bits per heavy atom. The smallest absolute Gasteiger partial charge is 0.272 e. The van der Waals surface area contributed by atoms with Crippen molar-refractivity contribution < 1.29 is 14.3 Å². The summed E-state index contributed by atoms with van der Waals surface area (Å²) in [5, 5.41) is 0. The van der Waals surface area contributed by atoms with Crippen molar-refractivity contribution in [1.82, 2.24) is 24.3 Å². The molecule has 5 rings (SSSR count). The van der Waals surface area contributed by atoms with E-state index >= 15 is 0 Å². The van der Waals surface area contributed by atoms with Crippen molar-refractivity contribution in [2.24, 2.45) is 0 Å². The largest absolute Gasteiger partial charge is 0.352 e. The molecule has 0 aromatic carbocycles. The lowest BCUT2D eigenvalue weighted by Gasteiger charge is -2.46. The van der Waals surface area contributed by atoms with Gasteiger partial charge in [-0.25, -0.2) is 9.97 Å². The van der Waals surface area contributed by atoms with Crippen molar-refractivity contribution in [3.63, 3.8) is 0 Å². The Morgan fingerprint density at radius 3 is 2.60 bits per heavy atom. The van der Waals surface area contributed by atoms with E-state index < -0.39 is 11.7 Å². The van der Waals surface area contributed by atoms with Crippen LogP contribution in [0.3, 0.4) is 0 Å². The fourth-order valence-corrected chi connectivity index (χ4v) is 4.90. The predicted molar refractivity (Wildman–Crippen MR) is 109 cm³/mol. The summed E-state index contributed by atoms with van der Waals surface area (Å²) in [6, 6.07) is 5.50. The molecule has 2 aromatic heterocycles. The van der Waals surface area contributed by atoms with Gasteiger partial charge in [0, 0.05) is 57.1 Å². The molecule has 30 heavy (non-hydrogen) atoms. The molecular formula is C22H27N5O3. The van der Waals surface area contributed by atoms with E-state index in [4.69, 9.17) is 4.74 Å². The van der Waals surface area contributed by atoms with Crippen LogP contribution in [0, 0.1) is 6.92 Å². The minimum atomic E-state index is -0.626. The molecule has 0 unspecified atom stereocenters. The van der Waals surface area contributed by atoms with E-state index in [2.05, 4.69) is 14.5 Å². The van der Waals surface area contributed by atoms with E-state index in [0.29, 0.717) is 38.2 Å². The molecule has 8 nitrogen and oxygen atoms in total. The highest BCUT2D eigenvalue weighted by atomic mass is 16.5. The zero-order valence-electron chi connectivity index (χ0n) is 17.3. The summed E-state index contributed by atoms with van der Waals surface area (Å²) in [5.41, 5.74) is 0.674. The average molecular weight is 409 g/mol. The summed E-state index contributed by atoms with van der Waals surface area (Å²) in [4.78, 5) is 38.6. The van der Waals surface area contributed by atoms with E-state index in [9.17, 15) is 9.59 Å². The van der Waals surface area contributed by atoms with Crippen LogP contribution in [-0.4, -0.2) is 68.4 Å². The van der Waals surface area contributed by atoms with Gasteiger partial charge in [0.2, 0.25) is 0 Å². The third-order valence-corrected chi connectivity index (χ3v) is 6.51. The van der Waals surface area contributed by atoms with E-state index in [-0.39, 0.29) is 11.8 Å². The third kappa shape index (κ3) is 3.29. The number of likely N-dealkylation sites (tertiary alicyclic amines) is 2. The van der Waals surface area contributed by atoms with Gasteiger partial charge in [0.1, 0.15) is 17.1 Å². The zero-order chi connectivity index (χ0) is 20.7. The first-order valence-electron chi connectivity index (χ1n) is 10.8. The molecule has 3 aliphatic heterocycles. The number of ether oxygens (including phenoxy) is 1. The molecule has 2 aromatic rings. The van der Waals surface area contributed by atoms with Crippen molar-refractivity contribution in [1.29, 1.82) is 0 Å². The van der Waals surface area contributed by atoms with Gasteiger partial charge < -0.3 is 19.1 Å². The second-order valence-electron chi connectivity index (χ2n) is 8.49. The molecule has 2 amide bonds. The highest BCUT2D eigenvalue weighted by Gasteiger charge is 2.48. The van der Waals surface area contributed by atoms with Crippen LogP contribution in [0.15, 0.2) is 30.6 Å². The molecule has 0 bridgehead atoms. The third-order valence-electron chi connectivity index (χ3n) is 6.51. The number of aryl methyl sites for hydroxylation is 1. The van der Waals surface area contributed by atoms with Crippen LogP contribution in [0.1, 0.15) is 47.7 Å². The second kappa shape index (κ2) is 7.50. The standard InChI is InChI=1S/C22H27N5O3/c1-16-5-4-6-17(24-16)19(28)26-12-7-22(8-13-26)21-23-9-14-27(21)15-18(30-22)20(29)25-10-2-3-11-25/h4-6,9,14,18H,2-3,7-8,10-13,15H2,1H3/t18-/m0/s1. The van der Waals surface area contributed by atoms with Gasteiger partial charge in [-0.05, 0) is 31.9 Å². The van der Waals surface area contributed by atoms with Gasteiger partial charge in [-0.3, -0.25) is 9.59 Å². The number of nitrogens with zero attached hydrogens (tertiary/aromatic N) is 5. The first kappa shape index (κ1) is 19.2. The lowest BCUT2D eigenvalue weighted by molar-refractivity contribution is -0.179. The van der Waals surface area contributed by atoms with Gasteiger partial charge in [0.15, 0.2) is 6.10 Å². The maximum Gasteiger partial charge on any atom is 0.272 e. The number of carbonyl (C=O) groups is 2. The number of hydrogen-bond acceptors (Lipinski definition) is 5. The molecule has 5 heterocycles. The number of pyridine rings is 1. The summed E-state index contributed by atoms with van der Waals surface area (Å²) < 4.78 is 8.56. The van der Waals surface area contributed by atoms with Gasteiger partial charge in [-0.2, -0.15) is 0 Å². The number of hydrogen-bond donors (Lipinski definition) is 0. The van der Waals surface area contributed by atoms with E-state index in [1.165, 1.54) is 0 Å². The topological polar surface area (TPSA) is 80.6 Å². The number of rotatable bonds is 2. The van der Waals surface area contributed by atoms with Crippen molar-refractivity contribution in [2.45, 2.75) is 50.9 Å². The molecule has 0 saturated carbocycles. The molecule has 2 fully saturated rings. The molecule has 158 valence electrons. The Bertz CT molecular complexity index is 957. The van der Waals surface area contributed by atoms with E-state index in [1.807, 2.05) is 35.1 Å². The van der Waals surface area contributed by atoms with Crippen LogP contribution >= 0.6 is 0 Å². The Morgan fingerprint density at radius 2 is 1.87 bits per heavy atom. The van der Waals surface area contributed by atoms with Gasteiger partial charge in [-0.1, -0.05) is 6.07 Å². The first-order valence-corrected chi connectivity index (χ1v) is 10.8. The van der Waals surface area contributed by atoms with Crippen LogP contribution in [-0.2, 0) is 21.7 Å².